The van der Waals surface area contributed by atoms with Gasteiger partial charge in [0.05, 0.1) is 10.7 Å². The molecule has 1 aromatic heterocycles. The predicted molar refractivity (Wildman–Crippen MR) is 73.7 cm³/mol. The smallest absolute Gasteiger partial charge is 0.135 e. The molecule has 6 heteroatoms. The lowest BCUT2D eigenvalue weighted by Gasteiger charge is -2.09. The van der Waals surface area contributed by atoms with Crippen molar-refractivity contribution in [3.05, 3.63) is 46.1 Å². The van der Waals surface area contributed by atoms with Crippen LogP contribution in [0.25, 0.3) is 0 Å². The van der Waals surface area contributed by atoms with E-state index in [0.29, 0.717) is 27.6 Å². The van der Waals surface area contributed by atoms with Crippen molar-refractivity contribution in [2.75, 3.05) is 5.32 Å². The molecule has 1 aliphatic rings. The molecule has 1 N–H and O–H groups in total. The highest BCUT2D eigenvalue weighted by Crippen LogP contribution is 2.39. The Hall–Kier alpha value is -1.39. The Morgan fingerprint density at radius 3 is 2.68 bits per heavy atom. The molecule has 0 atom stereocenters. The maximum Gasteiger partial charge on any atom is 0.135 e. The summed E-state index contributed by atoms with van der Waals surface area (Å²) in [5, 5.41) is 3.76. The van der Waals surface area contributed by atoms with Gasteiger partial charge in [-0.05, 0) is 31.0 Å². The minimum atomic E-state index is -0.366. The maximum absolute atomic E-state index is 13.2. The highest BCUT2D eigenvalue weighted by Gasteiger charge is 2.27. The molecule has 19 heavy (non-hydrogen) atoms. The first kappa shape index (κ1) is 12.6. The normalized spacial score (nSPS) is 14.5. The SMILES string of the molecule is Fc1ccc(Cl)c(Nc2cc(Cl)nc(C3CC3)n2)c1. The molecule has 1 aromatic carbocycles. The van der Waals surface area contributed by atoms with Crippen molar-refractivity contribution in [3.8, 4) is 0 Å². The van der Waals surface area contributed by atoms with Gasteiger partial charge in [-0.15, -0.1) is 0 Å². The van der Waals surface area contributed by atoms with Gasteiger partial charge < -0.3 is 5.32 Å². The van der Waals surface area contributed by atoms with E-state index in [9.17, 15) is 4.39 Å². The van der Waals surface area contributed by atoms with Crippen LogP contribution in [0.1, 0.15) is 24.6 Å². The molecule has 0 unspecified atom stereocenters. The van der Waals surface area contributed by atoms with Crippen molar-refractivity contribution in [2.45, 2.75) is 18.8 Å². The Bertz CT molecular complexity index is 629. The Balaban J connectivity index is 1.92. The van der Waals surface area contributed by atoms with Crippen molar-refractivity contribution in [2.24, 2.45) is 0 Å². The number of hydrogen-bond acceptors (Lipinski definition) is 3. The zero-order valence-electron chi connectivity index (χ0n) is 9.83. The topological polar surface area (TPSA) is 37.8 Å². The third-order valence-corrected chi connectivity index (χ3v) is 3.37. The largest absolute Gasteiger partial charge is 0.339 e. The number of aromatic nitrogens is 2. The van der Waals surface area contributed by atoms with E-state index in [2.05, 4.69) is 15.3 Å². The van der Waals surface area contributed by atoms with Crippen LogP contribution in [0.3, 0.4) is 0 Å². The molecule has 3 nitrogen and oxygen atoms in total. The lowest BCUT2D eigenvalue weighted by atomic mass is 10.3. The fourth-order valence-electron chi connectivity index (χ4n) is 1.75. The average molecular weight is 298 g/mol. The summed E-state index contributed by atoms with van der Waals surface area (Å²) < 4.78 is 13.2. The van der Waals surface area contributed by atoms with Crippen LogP contribution >= 0.6 is 23.2 Å². The molecule has 1 heterocycles. The molecule has 2 aromatic rings. The lowest BCUT2D eigenvalue weighted by molar-refractivity contribution is 0.628. The highest BCUT2D eigenvalue weighted by atomic mass is 35.5. The van der Waals surface area contributed by atoms with Gasteiger partial charge >= 0.3 is 0 Å². The first-order chi connectivity index (χ1) is 9.11. The van der Waals surface area contributed by atoms with Gasteiger partial charge in [0.2, 0.25) is 0 Å². The van der Waals surface area contributed by atoms with Crippen LogP contribution in [-0.2, 0) is 0 Å². The van der Waals surface area contributed by atoms with Gasteiger partial charge in [-0.1, -0.05) is 23.2 Å². The molecular formula is C13H10Cl2FN3. The van der Waals surface area contributed by atoms with Gasteiger partial charge in [0.1, 0.15) is 22.6 Å². The van der Waals surface area contributed by atoms with Gasteiger partial charge in [0.15, 0.2) is 0 Å². The van der Waals surface area contributed by atoms with E-state index in [1.165, 1.54) is 18.2 Å². The molecule has 0 bridgehead atoms. The van der Waals surface area contributed by atoms with Gasteiger partial charge in [0.25, 0.3) is 0 Å². The van der Waals surface area contributed by atoms with Crippen molar-refractivity contribution in [1.29, 1.82) is 0 Å². The first-order valence-corrected chi connectivity index (χ1v) is 6.64. The molecule has 0 saturated heterocycles. The summed E-state index contributed by atoms with van der Waals surface area (Å²) in [6.07, 6.45) is 2.17. The maximum atomic E-state index is 13.2. The van der Waals surface area contributed by atoms with E-state index >= 15 is 0 Å². The van der Waals surface area contributed by atoms with Crippen molar-refractivity contribution < 1.29 is 4.39 Å². The van der Waals surface area contributed by atoms with Crippen LogP contribution < -0.4 is 5.32 Å². The summed E-state index contributed by atoms with van der Waals surface area (Å²) in [4.78, 5) is 8.56. The molecule has 0 amide bonds. The fourth-order valence-corrected chi connectivity index (χ4v) is 2.11. The van der Waals surface area contributed by atoms with E-state index in [-0.39, 0.29) is 5.82 Å². The summed E-state index contributed by atoms with van der Waals surface area (Å²) in [6.45, 7) is 0. The molecule has 1 fully saturated rings. The van der Waals surface area contributed by atoms with Crippen LogP contribution in [0.2, 0.25) is 10.2 Å². The fraction of sp³-hybridized carbons (Fsp3) is 0.231. The lowest BCUT2D eigenvalue weighted by Crippen LogP contribution is -2.00. The number of hydrogen-bond donors (Lipinski definition) is 1. The summed E-state index contributed by atoms with van der Waals surface area (Å²) in [5.74, 6) is 1.27. The number of benzene rings is 1. The third-order valence-electron chi connectivity index (χ3n) is 2.85. The minimum absolute atomic E-state index is 0.366. The van der Waals surface area contributed by atoms with E-state index < -0.39 is 0 Å². The second kappa shape index (κ2) is 4.94. The second-order valence-corrected chi connectivity index (χ2v) is 5.25. The van der Waals surface area contributed by atoms with Crippen molar-refractivity contribution >= 4 is 34.7 Å². The van der Waals surface area contributed by atoms with Crippen LogP contribution in [0, 0.1) is 5.82 Å². The highest BCUT2D eigenvalue weighted by molar-refractivity contribution is 6.33. The van der Waals surface area contributed by atoms with E-state index in [4.69, 9.17) is 23.2 Å². The molecule has 0 aliphatic heterocycles. The number of anilines is 2. The molecule has 1 aliphatic carbocycles. The number of nitrogens with zero attached hydrogens (tertiary/aromatic N) is 2. The third kappa shape index (κ3) is 2.96. The molecule has 1 saturated carbocycles. The van der Waals surface area contributed by atoms with Gasteiger partial charge in [-0.3, -0.25) is 0 Å². The monoisotopic (exact) mass is 297 g/mol. The molecular weight excluding hydrogens is 288 g/mol. The summed E-state index contributed by atoms with van der Waals surface area (Å²) in [6, 6.07) is 5.70. The van der Waals surface area contributed by atoms with Crippen LogP contribution in [0.4, 0.5) is 15.9 Å². The quantitative estimate of drug-likeness (QED) is 0.845. The second-order valence-electron chi connectivity index (χ2n) is 4.46. The average Bonchev–Trinajstić information content (AvgIpc) is 3.17. The summed E-state index contributed by atoms with van der Waals surface area (Å²) in [7, 11) is 0. The number of nitrogens with one attached hydrogen (secondary N) is 1. The Labute approximate surface area is 119 Å². The molecule has 0 spiro atoms. The van der Waals surface area contributed by atoms with Gasteiger partial charge in [-0.25, -0.2) is 14.4 Å². The van der Waals surface area contributed by atoms with Gasteiger partial charge in [0, 0.05) is 12.0 Å². The first-order valence-electron chi connectivity index (χ1n) is 5.88. The Morgan fingerprint density at radius 1 is 1.16 bits per heavy atom. The Kier molecular flexibility index (Phi) is 3.29. The van der Waals surface area contributed by atoms with Crippen LogP contribution in [0.5, 0.6) is 0 Å². The molecule has 3 rings (SSSR count). The van der Waals surface area contributed by atoms with E-state index in [0.717, 1.165) is 18.7 Å². The van der Waals surface area contributed by atoms with E-state index in [1.54, 1.807) is 6.07 Å². The number of rotatable bonds is 3. The standard InChI is InChI=1S/C13H10Cl2FN3/c14-9-4-3-8(16)5-10(9)17-12-6-11(15)18-13(19-12)7-1-2-7/h3-7H,1-2H2,(H,17,18,19). The number of halogens is 3. The molecule has 98 valence electrons. The Morgan fingerprint density at radius 2 is 1.95 bits per heavy atom. The van der Waals surface area contributed by atoms with Crippen molar-refractivity contribution in [3.63, 3.8) is 0 Å². The zero-order valence-corrected chi connectivity index (χ0v) is 11.3. The predicted octanol–water partition coefficient (Wildman–Crippen LogP) is 4.54. The summed E-state index contributed by atoms with van der Waals surface area (Å²) >= 11 is 12.0. The van der Waals surface area contributed by atoms with E-state index in [1.807, 2.05) is 0 Å². The van der Waals surface area contributed by atoms with Crippen molar-refractivity contribution in [1.82, 2.24) is 9.97 Å². The van der Waals surface area contributed by atoms with Crippen LogP contribution in [0.15, 0.2) is 24.3 Å². The molecule has 0 radical (unpaired) electrons. The summed E-state index contributed by atoms with van der Waals surface area (Å²) in [5.41, 5.74) is 0.457. The minimum Gasteiger partial charge on any atom is -0.339 e. The van der Waals surface area contributed by atoms with Gasteiger partial charge in [-0.2, -0.15) is 0 Å². The zero-order chi connectivity index (χ0) is 13.4. The van der Waals surface area contributed by atoms with Crippen LogP contribution in [-0.4, -0.2) is 9.97 Å².